The van der Waals surface area contributed by atoms with E-state index in [0.717, 1.165) is 22.4 Å². The maximum atomic E-state index is 13.1. The second-order valence-electron chi connectivity index (χ2n) is 8.11. The van der Waals surface area contributed by atoms with Crippen molar-refractivity contribution in [2.24, 2.45) is 0 Å². The smallest absolute Gasteiger partial charge is 0.262 e. The number of methoxy groups -OCH3 is 1. The Kier molecular flexibility index (Phi) is 7.43. The van der Waals surface area contributed by atoms with E-state index in [2.05, 4.69) is 10.0 Å². The summed E-state index contributed by atoms with van der Waals surface area (Å²) < 4.78 is 34.1. The van der Waals surface area contributed by atoms with Crippen molar-refractivity contribution in [3.63, 3.8) is 0 Å². The summed E-state index contributed by atoms with van der Waals surface area (Å²) in [7, 11) is -2.27. The van der Waals surface area contributed by atoms with Crippen LogP contribution in [-0.2, 0) is 10.0 Å². The summed E-state index contributed by atoms with van der Waals surface area (Å²) in [5.41, 5.74) is 4.19. The Hall–Kier alpha value is -3.32. The lowest BCUT2D eigenvalue weighted by Gasteiger charge is -2.19. The number of carbonyl (C=O) groups is 1. The highest BCUT2D eigenvalue weighted by Crippen LogP contribution is 2.25. The predicted molar refractivity (Wildman–Crippen MR) is 131 cm³/mol. The van der Waals surface area contributed by atoms with Crippen LogP contribution in [0.4, 0.5) is 5.69 Å². The van der Waals surface area contributed by atoms with Gasteiger partial charge in [0.2, 0.25) is 0 Å². The zero-order valence-corrected chi connectivity index (χ0v) is 20.4. The number of hydrogen-bond acceptors (Lipinski definition) is 4. The molecular formula is C26H30N2O4S. The van der Waals surface area contributed by atoms with E-state index in [9.17, 15) is 13.2 Å². The lowest BCUT2D eigenvalue weighted by Crippen LogP contribution is -2.28. The predicted octanol–water partition coefficient (Wildman–Crippen LogP) is 5.30. The summed E-state index contributed by atoms with van der Waals surface area (Å²) in [6.45, 7) is 7.50. The van der Waals surface area contributed by atoms with Crippen LogP contribution in [0.15, 0.2) is 65.6 Å². The molecule has 0 heterocycles. The standard InChI is InChI=1S/C26H30N2O4S/c1-6-23(20-10-12-22(32-5)13-11-20)27-26(29)21-9-8-18(3)25(16-21)33(30,31)28-24-14-7-17(2)15-19(24)4/h7-16,23,28H,6H2,1-5H3,(H,27,29)/t23-/m0/s1. The van der Waals surface area contributed by atoms with E-state index in [1.165, 1.54) is 6.07 Å². The van der Waals surface area contributed by atoms with Crippen LogP contribution in [0.2, 0.25) is 0 Å². The van der Waals surface area contributed by atoms with Crippen molar-refractivity contribution < 1.29 is 17.9 Å². The van der Waals surface area contributed by atoms with Crippen molar-refractivity contribution in [2.75, 3.05) is 11.8 Å². The molecule has 3 aromatic carbocycles. The Bertz CT molecular complexity index is 1250. The van der Waals surface area contributed by atoms with Crippen molar-refractivity contribution in [2.45, 2.75) is 45.1 Å². The topological polar surface area (TPSA) is 84.5 Å². The summed E-state index contributed by atoms with van der Waals surface area (Å²) in [6.07, 6.45) is 0.684. The van der Waals surface area contributed by atoms with E-state index in [4.69, 9.17) is 4.74 Å². The van der Waals surface area contributed by atoms with E-state index < -0.39 is 10.0 Å². The number of benzene rings is 3. The van der Waals surface area contributed by atoms with Gasteiger partial charge in [0.25, 0.3) is 15.9 Å². The number of amides is 1. The van der Waals surface area contributed by atoms with Crippen LogP contribution in [-0.4, -0.2) is 21.4 Å². The fourth-order valence-electron chi connectivity index (χ4n) is 3.66. The average Bonchev–Trinajstić information content (AvgIpc) is 2.79. The summed E-state index contributed by atoms with van der Waals surface area (Å²) in [4.78, 5) is 13.1. The van der Waals surface area contributed by atoms with Crippen LogP contribution in [0, 0.1) is 20.8 Å². The molecule has 7 heteroatoms. The first-order valence-electron chi connectivity index (χ1n) is 10.8. The molecule has 6 nitrogen and oxygen atoms in total. The van der Waals surface area contributed by atoms with E-state index in [0.29, 0.717) is 17.7 Å². The highest BCUT2D eigenvalue weighted by atomic mass is 32.2. The molecule has 0 aliphatic heterocycles. The minimum absolute atomic E-state index is 0.0765. The van der Waals surface area contributed by atoms with Gasteiger partial charge in [0.05, 0.1) is 23.7 Å². The summed E-state index contributed by atoms with van der Waals surface area (Å²) in [6, 6.07) is 17.5. The molecule has 0 bridgehead atoms. The molecule has 1 amide bonds. The van der Waals surface area contributed by atoms with Crippen LogP contribution < -0.4 is 14.8 Å². The first-order valence-corrected chi connectivity index (χ1v) is 12.3. The molecule has 174 valence electrons. The van der Waals surface area contributed by atoms with Crippen molar-refractivity contribution in [3.05, 3.63) is 88.5 Å². The largest absolute Gasteiger partial charge is 0.497 e. The van der Waals surface area contributed by atoms with Crippen LogP contribution >= 0.6 is 0 Å². The molecule has 0 unspecified atom stereocenters. The van der Waals surface area contributed by atoms with Gasteiger partial charge in [-0.15, -0.1) is 0 Å². The second-order valence-corrected chi connectivity index (χ2v) is 9.76. The van der Waals surface area contributed by atoms with Crippen LogP contribution in [0.3, 0.4) is 0 Å². The maximum Gasteiger partial charge on any atom is 0.262 e. The van der Waals surface area contributed by atoms with Crippen LogP contribution in [0.5, 0.6) is 5.75 Å². The van der Waals surface area contributed by atoms with E-state index >= 15 is 0 Å². The quantitative estimate of drug-likeness (QED) is 0.472. The fourth-order valence-corrected chi connectivity index (χ4v) is 5.06. The van der Waals surface area contributed by atoms with Gasteiger partial charge in [0.1, 0.15) is 5.75 Å². The lowest BCUT2D eigenvalue weighted by molar-refractivity contribution is 0.0935. The molecule has 2 N–H and O–H groups in total. The Morgan fingerprint density at radius 1 is 0.939 bits per heavy atom. The molecule has 0 aromatic heterocycles. The second kappa shape index (κ2) is 10.1. The zero-order valence-electron chi connectivity index (χ0n) is 19.6. The Balaban J connectivity index is 1.85. The van der Waals surface area contributed by atoms with E-state index in [1.807, 2.05) is 57.2 Å². The van der Waals surface area contributed by atoms with Gasteiger partial charge >= 0.3 is 0 Å². The normalized spacial score (nSPS) is 12.2. The molecule has 0 aliphatic carbocycles. The highest BCUT2D eigenvalue weighted by Gasteiger charge is 2.21. The number of rotatable bonds is 8. The Labute approximate surface area is 196 Å². The van der Waals surface area contributed by atoms with Crippen LogP contribution in [0.25, 0.3) is 0 Å². The molecule has 3 rings (SSSR count). The molecule has 0 fully saturated rings. The summed E-state index contributed by atoms with van der Waals surface area (Å²) in [5, 5.41) is 3.00. The molecule has 0 radical (unpaired) electrons. The molecule has 0 spiro atoms. The van der Waals surface area contributed by atoms with Gasteiger partial charge in [-0.05, 0) is 74.2 Å². The molecule has 0 aliphatic rings. The molecule has 3 aromatic rings. The van der Waals surface area contributed by atoms with E-state index in [-0.39, 0.29) is 22.4 Å². The van der Waals surface area contributed by atoms with Crippen molar-refractivity contribution in [3.8, 4) is 5.75 Å². The fraction of sp³-hybridized carbons (Fsp3) is 0.269. The number of nitrogens with one attached hydrogen (secondary N) is 2. The zero-order chi connectivity index (χ0) is 24.2. The van der Waals surface area contributed by atoms with Gasteiger partial charge in [-0.2, -0.15) is 0 Å². The third kappa shape index (κ3) is 5.73. The molecule has 1 atom stereocenters. The third-order valence-electron chi connectivity index (χ3n) is 5.60. The van der Waals surface area contributed by atoms with Crippen molar-refractivity contribution in [1.29, 1.82) is 0 Å². The number of ether oxygens (including phenoxy) is 1. The van der Waals surface area contributed by atoms with Gasteiger partial charge < -0.3 is 10.1 Å². The van der Waals surface area contributed by atoms with Gasteiger partial charge in [0.15, 0.2) is 0 Å². The number of carbonyl (C=O) groups excluding carboxylic acids is 1. The minimum atomic E-state index is -3.87. The first-order chi connectivity index (χ1) is 15.6. The average molecular weight is 467 g/mol. The lowest BCUT2D eigenvalue weighted by atomic mass is 10.0. The van der Waals surface area contributed by atoms with Gasteiger partial charge in [0, 0.05) is 5.56 Å². The van der Waals surface area contributed by atoms with Crippen molar-refractivity contribution >= 4 is 21.6 Å². The third-order valence-corrected chi connectivity index (χ3v) is 7.11. The first kappa shape index (κ1) is 24.3. The summed E-state index contributed by atoms with van der Waals surface area (Å²) in [5.74, 6) is 0.408. The maximum absolute atomic E-state index is 13.1. The number of anilines is 1. The molecule has 0 saturated carbocycles. The summed E-state index contributed by atoms with van der Waals surface area (Å²) >= 11 is 0. The van der Waals surface area contributed by atoms with E-state index in [1.54, 1.807) is 32.2 Å². The highest BCUT2D eigenvalue weighted by molar-refractivity contribution is 7.92. The minimum Gasteiger partial charge on any atom is -0.497 e. The number of hydrogen-bond donors (Lipinski definition) is 2. The number of aryl methyl sites for hydroxylation is 3. The van der Waals surface area contributed by atoms with Gasteiger partial charge in [-0.25, -0.2) is 8.42 Å². The van der Waals surface area contributed by atoms with Gasteiger partial charge in [-0.3, -0.25) is 9.52 Å². The monoisotopic (exact) mass is 466 g/mol. The Morgan fingerprint density at radius 2 is 1.64 bits per heavy atom. The molecular weight excluding hydrogens is 436 g/mol. The Morgan fingerprint density at radius 3 is 2.24 bits per heavy atom. The molecule has 0 saturated heterocycles. The van der Waals surface area contributed by atoms with Gasteiger partial charge in [-0.1, -0.05) is 42.8 Å². The van der Waals surface area contributed by atoms with Crippen LogP contribution in [0.1, 0.15) is 52.0 Å². The SMILES string of the molecule is CC[C@H](NC(=O)c1ccc(C)c(S(=O)(=O)Nc2ccc(C)cc2C)c1)c1ccc(OC)cc1. The molecule has 33 heavy (non-hydrogen) atoms. The number of sulfonamides is 1. The van der Waals surface area contributed by atoms with Crippen molar-refractivity contribution in [1.82, 2.24) is 5.32 Å².